The predicted molar refractivity (Wildman–Crippen MR) is 68.4 cm³/mol. The van der Waals surface area contributed by atoms with Gasteiger partial charge in [0.1, 0.15) is 5.52 Å². The minimum absolute atomic E-state index is 0.553. The van der Waals surface area contributed by atoms with Gasteiger partial charge in [0, 0.05) is 18.5 Å². The van der Waals surface area contributed by atoms with Crippen molar-refractivity contribution in [2.24, 2.45) is 0 Å². The van der Waals surface area contributed by atoms with Crippen LogP contribution in [0.3, 0.4) is 0 Å². The van der Waals surface area contributed by atoms with Crippen molar-refractivity contribution in [3.05, 3.63) is 24.3 Å². The van der Waals surface area contributed by atoms with Crippen molar-refractivity contribution >= 4 is 28.6 Å². The largest absolute Gasteiger partial charge is 0.335 e. The van der Waals surface area contributed by atoms with E-state index >= 15 is 0 Å². The number of hydrogen-bond donors (Lipinski definition) is 0. The zero-order valence-corrected chi connectivity index (χ0v) is 10.1. The fourth-order valence-corrected chi connectivity index (χ4v) is 2.10. The highest BCUT2D eigenvalue weighted by Crippen LogP contribution is 2.29. The number of alkyl halides is 1. The van der Waals surface area contributed by atoms with E-state index in [0.717, 1.165) is 17.6 Å². The smallest absolute Gasteiger partial charge is 0.246 e. The van der Waals surface area contributed by atoms with Crippen molar-refractivity contribution < 1.29 is 0 Å². The molecule has 0 atom stereocenters. The molecule has 1 aliphatic rings. The standard InChI is InChI=1S/C12H13ClN4/c13-7-8-17(9-5-6-9)12-14-10-3-1-2-4-11(10)15-16-12/h1-4,9H,5-8H2. The molecule has 1 saturated carbocycles. The maximum Gasteiger partial charge on any atom is 0.246 e. The lowest BCUT2D eigenvalue weighted by Gasteiger charge is -2.20. The molecule has 88 valence electrons. The molecule has 0 amide bonds. The Morgan fingerprint density at radius 3 is 2.65 bits per heavy atom. The molecule has 1 aliphatic carbocycles. The molecule has 0 bridgehead atoms. The molecule has 1 heterocycles. The average Bonchev–Trinajstić information content (AvgIpc) is 3.20. The van der Waals surface area contributed by atoms with Crippen LogP contribution in [0.1, 0.15) is 12.8 Å². The molecule has 1 aromatic carbocycles. The lowest BCUT2D eigenvalue weighted by molar-refractivity contribution is 0.777. The van der Waals surface area contributed by atoms with Crippen LogP contribution in [0.5, 0.6) is 0 Å². The fourth-order valence-electron chi connectivity index (χ4n) is 1.92. The Morgan fingerprint density at radius 1 is 1.18 bits per heavy atom. The number of hydrogen-bond acceptors (Lipinski definition) is 4. The molecule has 0 radical (unpaired) electrons. The number of halogens is 1. The van der Waals surface area contributed by atoms with Gasteiger partial charge in [-0.3, -0.25) is 0 Å². The molecule has 1 aromatic heterocycles. The molecular formula is C12H13ClN4. The maximum absolute atomic E-state index is 5.82. The summed E-state index contributed by atoms with van der Waals surface area (Å²) < 4.78 is 0. The number of rotatable bonds is 4. The van der Waals surface area contributed by atoms with Gasteiger partial charge in [-0.05, 0) is 25.0 Å². The van der Waals surface area contributed by atoms with Crippen LogP contribution in [0.4, 0.5) is 5.95 Å². The number of benzene rings is 1. The summed E-state index contributed by atoms with van der Waals surface area (Å²) in [5, 5.41) is 8.39. The first-order valence-electron chi connectivity index (χ1n) is 5.80. The third kappa shape index (κ3) is 2.17. The van der Waals surface area contributed by atoms with Crippen molar-refractivity contribution in [1.29, 1.82) is 0 Å². The Kier molecular flexibility index (Phi) is 2.81. The quantitative estimate of drug-likeness (QED) is 0.779. The minimum atomic E-state index is 0.553. The molecular weight excluding hydrogens is 236 g/mol. The first kappa shape index (κ1) is 10.7. The van der Waals surface area contributed by atoms with Crippen LogP contribution in [-0.4, -0.2) is 33.6 Å². The molecule has 0 saturated heterocycles. The second kappa shape index (κ2) is 4.45. The van der Waals surface area contributed by atoms with Crippen LogP contribution in [0.15, 0.2) is 24.3 Å². The summed E-state index contributed by atoms with van der Waals surface area (Å²) in [5.74, 6) is 1.29. The molecule has 1 fully saturated rings. The van der Waals surface area contributed by atoms with Crippen LogP contribution in [0.2, 0.25) is 0 Å². The van der Waals surface area contributed by atoms with Gasteiger partial charge >= 0.3 is 0 Å². The van der Waals surface area contributed by atoms with Gasteiger partial charge in [-0.1, -0.05) is 12.1 Å². The highest BCUT2D eigenvalue weighted by Gasteiger charge is 2.30. The van der Waals surface area contributed by atoms with Gasteiger partial charge in [-0.2, -0.15) is 0 Å². The molecule has 0 N–H and O–H groups in total. The normalized spacial score (nSPS) is 15.1. The molecule has 3 rings (SSSR count). The van der Waals surface area contributed by atoms with Gasteiger partial charge < -0.3 is 4.90 Å². The number of aromatic nitrogens is 3. The zero-order valence-electron chi connectivity index (χ0n) is 9.38. The summed E-state index contributed by atoms with van der Waals surface area (Å²) in [6, 6.07) is 8.33. The summed E-state index contributed by atoms with van der Waals surface area (Å²) >= 11 is 5.82. The van der Waals surface area contributed by atoms with E-state index < -0.39 is 0 Å². The Bertz CT molecular complexity index is 527. The maximum atomic E-state index is 5.82. The van der Waals surface area contributed by atoms with E-state index in [1.165, 1.54) is 12.8 Å². The van der Waals surface area contributed by atoms with Gasteiger partial charge in [-0.25, -0.2) is 4.98 Å². The van der Waals surface area contributed by atoms with Crippen LogP contribution < -0.4 is 4.90 Å². The number of para-hydroxylation sites is 1. The Balaban J connectivity index is 1.97. The van der Waals surface area contributed by atoms with E-state index in [1.807, 2.05) is 24.3 Å². The number of anilines is 1. The molecule has 0 spiro atoms. The first-order valence-corrected chi connectivity index (χ1v) is 6.34. The summed E-state index contributed by atoms with van der Waals surface area (Å²) in [6.07, 6.45) is 2.40. The van der Waals surface area contributed by atoms with Crippen LogP contribution in [0.25, 0.3) is 11.0 Å². The van der Waals surface area contributed by atoms with Gasteiger partial charge in [0.15, 0.2) is 0 Å². The Hall–Kier alpha value is -1.42. The summed E-state index contributed by atoms with van der Waals surface area (Å²) in [4.78, 5) is 6.71. The van der Waals surface area contributed by atoms with Crippen molar-refractivity contribution in [1.82, 2.24) is 15.2 Å². The lowest BCUT2D eigenvalue weighted by Crippen LogP contribution is -2.29. The molecule has 0 unspecified atom stereocenters. The van der Waals surface area contributed by atoms with E-state index in [1.54, 1.807) is 0 Å². The van der Waals surface area contributed by atoms with Crippen LogP contribution in [0, 0.1) is 0 Å². The average molecular weight is 249 g/mol. The SMILES string of the molecule is ClCCN(c1nnc2ccccc2n1)C1CC1. The third-order valence-electron chi connectivity index (χ3n) is 2.92. The van der Waals surface area contributed by atoms with E-state index in [4.69, 9.17) is 11.6 Å². The second-order valence-corrected chi connectivity index (χ2v) is 4.59. The van der Waals surface area contributed by atoms with Crippen LogP contribution in [-0.2, 0) is 0 Å². The van der Waals surface area contributed by atoms with E-state index in [0.29, 0.717) is 17.9 Å². The topological polar surface area (TPSA) is 41.9 Å². The zero-order chi connectivity index (χ0) is 11.7. The lowest BCUT2D eigenvalue weighted by atomic mass is 10.3. The highest BCUT2D eigenvalue weighted by molar-refractivity contribution is 6.18. The van der Waals surface area contributed by atoms with Gasteiger partial charge in [-0.15, -0.1) is 21.8 Å². The molecule has 4 nitrogen and oxygen atoms in total. The van der Waals surface area contributed by atoms with Gasteiger partial charge in [0.25, 0.3) is 0 Å². The molecule has 2 aromatic rings. The van der Waals surface area contributed by atoms with Crippen molar-refractivity contribution in [2.75, 3.05) is 17.3 Å². The molecule has 5 heteroatoms. The summed E-state index contributed by atoms with van der Waals surface area (Å²) in [5.41, 5.74) is 1.72. The van der Waals surface area contributed by atoms with Gasteiger partial charge in [0.05, 0.1) is 5.52 Å². The monoisotopic (exact) mass is 248 g/mol. The third-order valence-corrected chi connectivity index (χ3v) is 3.09. The first-order chi connectivity index (χ1) is 8.38. The second-order valence-electron chi connectivity index (χ2n) is 4.21. The fraction of sp³-hybridized carbons (Fsp3) is 0.417. The van der Waals surface area contributed by atoms with E-state index in [9.17, 15) is 0 Å². The highest BCUT2D eigenvalue weighted by atomic mass is 35.5. The summed E-state index contributed by atoms with van der Waals surface area (Å²) in [7, 11) is 0. The molecule has 17 heavy (non-hydrogen) atoms. The molecule has 0 aliphatic heterocycles. The van der Waals surface area contributed by atoms with Crippen LogP contribution >= 0.6 is 11.6 Å². The van der Waals surface area contributed by atoms with E-state index in [-0.39, 0.29) is 0 Å². The number of nitrogens with zero attached hydrogens (tertiary/aromatic N) is 4. The minimum Gasteiger partial charge on any atom is -0.335 e. The predicted octanol–water partition coefficient (Wildman–Crippen LogP) is 2.23. The van der Waals surface area contributed by atoms with Crippen molar-refractivity contribution in [3.63, 3.8) is 0 Å². The number of fused-ring (bicyclic) bond motifs is 1. The van der Waals surface area contributed by atoms with Crippen molar-refractivity contribution in [3.8, 4) is 0 Å². The van der Waals surface area contributed by atoms with Crippen molar-refractivity contribution in [2.45, 2.75) is 18.9 Å². The Labute approximate surface area is 105 Å². The van der Waals surface area contributed by atoms with Gasteiger partial charge in [0.2, 0.25) is 5.95 Å². The Morgan fingerprint density at radius 2 is 1.94 bits per heavy atom. The summed E-state index contributed by atoms with van der Waals surface area (Å²) in [6.45, 7) is 0.784. The van der Waals surface area contributed by atoms with E-state index in [2.05, 4.69) is 20.1 Å².